The number of halogens is 1. The molecule has 1 heterocycles. The third-order valence-electron chi connectivity index (χ3n) is 11.1. The fourth-order valence-electron chi connectivity index (χ4n) is 7.36. The topological polar surface area (TPSA) is 222 Å². The van der Waals surface area contributed by atoms with Crippen molar-refractivity contribution in [2.24, 2.45) is 11.8 Å². The zero-order chi connectivity index (χ0) is 50.2. The van der Waals surface area contributed by atoms with Gasteiger partial charge in [-0.15, -0.1) is 6.42 Å². The highest BCUT2D eigenvalue weighted by molar-refractivity contribution is 14.1. The minimum atomic E-state index is -1.71. The van der Waals surface area contributed by atoms with E-state index < -0.39 is 71.1 Å². The zero-order valence-corrected chi connectivity index (χ0v) is 42.4. The lowest BCUT2D eigenvalue weighted by Crippen LogP contribution is -2.60. The minimum absolute atomic E-state index is 0.0167. The molecule has 5 atom stereocenters. The van der Waals surface area contributed by atoms with Gasteiger partial charge >= 0.3 is 5.97 Å². The fraction of sp³-hybridized carbons (Fsp3) is 0.560. The molecule has 17 nitrogen and oxygen atoms in total. The number of aryl methyl sites for hydroxylation is 1. The molecule has 0 bridgehead atoms. The molecule has 2 aromatic rings. The van der Waals surface area contributed by atoms with E-state index in [4.69, 9.17) is 15.9 Å². The summed E-state index contributed by atoms with van der Waals surface area (Å²) in [5.74, 6) is -2.42. The number of rotatable bonds is 28. The molecule has 1 fully saturated rings. The smallest absolute Gasteiger partial charge is 0.307 e. The van der Waals surface area contributed by atoms with Crippen LogP contribution in [-0.2, 0) is 60.7 Å². The first-order valence-electron chi connectivity index (χ1n) is 23.2. The first-order valence-corrected chi connectivity index (χ1v) is 24.7. The Bertz CT molecular complexity index is 2030. The van der Waals surface area contributed by atoms with Crippen LogP contribution in [0.1, 0.15) is 77.8 Å². The maximum Gasteiger partial charge on any atom is 0.307 e. The van der Waals surface area contributed by atoms with Crippen molar-refractivity contribution < 1.29 is 47.8 Å². The van der Waals surface area contributed by atoms with Gasteiger partial charge in [0.25, 0.3) is 0 Å². The molecule has 372 valence electrons. The van der Waals surface area contributed by atoms with E-state index in [9.17, 15) is 38.4 Å². The molecule has 0 aromatic heterocycles. The highest BCUT2D eigenvalue weighted by Crippen LogP contribution is 2.23. The molecule has 0 radical (unpaired) electrons. The van der Waals surface area contributed by atoms with Crippen LogP contribution >= 0.6 is 22.6 Å². The number of hydrogen-bond acceptors (Lipinski definition) is 11. The molecule has 1 aliphatic rings. The largest absolute Gasteiger partial charge is 0.450 e. The summed E-state index contributed by atoms with van der Waals surface area (Å²) in [4.78, 5) is 112. The highest BCUT2D eigenvalue weighted by atomic mass is 127. The summed E-state index contributed by atoms with van der Waals surface area (Å²) in [6.45, 7) is 11.0. The molecule has 1 unspecified atom stereocenters. The minimum Gasteiger partial charge on any atom is -0.450 e. The van der Waals surface area contributed by atoms with Crippen molar-refractivity contribution in [1.29, 1.82) is 0 Å². The second kappa shape index (κ2) is 29.5. The van der Waals surface area contributed by atoms with Crippen molar-refractivity contribution in [3.05, 3.63) is 71.8 Å². The van der Waals surface area contributed by atoms with Crippen molar-refractivity contribution in [3.63, 3.8) is 0 Å². The van der Waals surface area contributed by atoms with E-state index >= 15 is 0 Å². The van der Waals surface area contributed by atoms with Gasteiger partial charge < -0.3 is 41.0 Å². The van der Waals surface area contributed by atoms with Gasteiger partial charge in [-0.2, -0.15) is 0 Å². The Morgan fingerprint density at radius 1 is 0.765 bits per heavy atom. The van der Waals surface area contributed by atoms with E-state index in [0.29, 0.717) is 38.3 Å². The lowest BCUT2D eigenvalue weighted by Gasteiger charge is -2.32. The number of amides is 6. The van der Waals surface area contributed by atoms with Crippen LogP contribution in [0.15, 0.2) is 60.7 Å². The van der Waals surface area contributed by atoms with E-state index in [-0.39, 0.29) is 80.3 Å². The van der Waals surface area contributed by atoms with Gasteiger partial charge in [0.1, 0.15) is 18.1 Å². The van der Waals surface area contributed by atoms with Gasteiger partial charge in [0.05, 0.1) is 45.3 Å². The molecule has 5 N–H and O–H groups in total. The fourth-order valence-corrected chi connectivity index (χ4v) is 7.89. The van der Waals surface area contributed by atoms with Crippen molar-refractivity contribution in [2.75, 3.05) is 57.4 Å². The number of esters is 1. The summed E-state index contributed by atoms with van der Waals surface area (Å²) < 4.78 is 11.2. The van der Waals surface area contributed by atoms with Crippen LogP contribution in [0.4, 0.5) is 0 Å². The number of Topliss-reactive ketones (excluding diaryl/α,β-unsaturated/α-hetero) is 1. The molecular weight excluding hydrogens is 985 g/mol. The third-order valence-corrected chi connectivity index (χ3v) is 12.6. The van der Waals surface area contributed by atoms with E-state index in [0.717, 1.165) is 5.56 Å². The lowest BCUT2D eigenvalue weighted by atomic mass is 9.90. The molecule has 1 saturated heterocycles. The number of nitrogens with one attached hydrogen (secondary N) is 5. The monoisotopic (exact) mass is 1060 g/mol. The molecule has 1 aliphatic heterocycles. The number of morpholine rings is 1. The van der Waals surface area contributed by atoms with Crippen molar-refractivity contribution in [2.45, 2.75) is 109 Å². The van der Waals surface area contributed by atoms with E-state index in [1.54, 1.807) is 24.3 Å². The summed E-state index contributed by atoms with van der Waals surface area (Å²) >= 11 is 1.92. The average molecular weight is 1060 g/mol. The van der Waals surface area contributed by atoms with Crippen LogP contribution in [0, 0.1) is 24.2 Å². The van der Waals surface area contributed by atoms with Crippen LogP contribution in [0.5, 0.6) is 0 Å². The Hall–Kier alpha value is -5.39. The SMILES string of the molecule is C#CCN(C)C(=O)CNC(=O)CCC(=O)O[C@](C)(CI)C(=O)[C@H](CC(C)C)NC(=O)[C@H](Cc1ccccc1)NC(=O)C(CC(C)C)NC(=O)[C@H](CCc1ccccc1)NC(=O)CN1CCOCC1. The number of benzene rings is 2. The summed E-state index contributed by atoms with van der Waals surface area (Å²) in [6, 6.07) is 14.1. The van der Waals surface area contributed by atoms with Gasteiger partial charge in [-0.05, 0) is 55.6 Å². The summed E-state index contributed by atoms with van der Waals surface area (Å²) in [7, 11) is 1.50. The van der Waals surface area contributed by atoms with Crippen molar-refractivity contribution >= 4 is 69.8 Å². The zero-order valence-electron chi connectivity index (χ0n) is 40.3. The maximum atomic E-state index is 14.4. The van der Waals surface area contributed by atoms with E-state index in [1.165, 1.54) is 18.9 Å². The Labute approximate surface area is 414 Å². The standard InChI is InChI=1S/C50H70IN7O10/c1-8-23-57(7)44(61)31-52-42(59)21-22-45(62)68-50(6,33-51)46(63)39(28-34(2)3)54-49(66)41(30-37-17-13-10-14-18-37)56-48(65)40(29-35(4)5)55-47(64)38(20-19-36-15-11-9-12-16-36)53-43(60)32-58-24-26-67-27-25-58/h1,9-18,34-35,38-41H,19-33H2,2-7H3,(H,52,59)(H,53,60)(H,54,66)(H,55,64)(H,56,65)/t38-,39-,40?,41-,50+/m0/s1. The van der Waals surface area contributed by atoms with Gasteiger partial charge in [-0.25, -0.2) is 0 Å². The predicted molar refractivity (Wildman–Crippen MR) is 266 cm³/mol. The summed E-state index contributed by atoms with van der Waals surface area (Å²) in [5, 5.41) is 14.0. The second-order valence-electron chi connectivity index (χ2n) is 18.1. The number of nitrogens with zero attached hydrogens (tertiary/aromatic N) is 2. The molecule has 0 spiro atoms. The molecule has 6 amide bonds. The van der Waals surface area contributed by atoms with Gasteiger partial charge in [0.2, 0.25) is 35.4 Å². The summed E-state index contributed by atoms with van der Waals surface area (Å²) in [6.07, 6.45) is 5.71. The maximum absolute atomic E-state index is 14.4. The Morgan fingerprint density at radius 2 is 1.31 bits per heavy atom. The van der Waals surface area contributed by atoms with Gasteiger partial charge in [-0.3, -0.25) is 43.3 Å². The number of terminal acetylenes is 1. The Kier molecular flexibility index (Phi) is 24.7. The molecule has 18 heteroatoms. The van der Waals surface area contributed by atoms with Gasteiger partial charge in [0, 0.05) is 37.4 Å². The number of ketones is 1. The molecule has 0 saturated carbocycles. The lowest BCUT2D eigenvalue weighted by molar-refractivity contribution is -0.164. The Balaban J connectivity index is 1.81. The van der Waals surface area contributed by atoms with Crippen LogP contribution in [-0.4, -0.2) is 144 Å². The normalized spacial score (nSPS) is 15.3. The van der Waals surface area contributed by atoms with Crippen LogP contribution in [0.3, 0.4) is 0 Å². The number of ether oxygens (including phenoxy) is 2. The van der Waals surface area contributed by atoms with Crippen LogP contribution in [0.2, 0.25) is 0 Å². The number of carbonyl (C=O) groups is 8. The van der Waals surface area contributed by atoms with E-state index in [1.807, 2.05) is 91.6 Å². The highest BCUT2D eigenvalue weighted by Gasteiger charge is 2.42. The van der Waals surface area contributed by atoms with Crippen molar-refractivity contribution in [1.82, 2.24) is 36.4 Å². The molecule has 0 aliphatic carbocycles. The van der Waals surface area contributed by atoms with Gasteiger partial charge in [-0.1, -0.05) is 117 Å². The first kappa shape index (κ1) is 56.9. The number of hydrogen-bond donors (Lipinski definition) is 5. The van der Waals surface area contributed by atoms with Crippen molar-refractivity contribution in [3.8, 4) is 12.3 Å². The quantitative estimate of drug-likeness (QED) is 0.0361. The molecule has 68 heavy (non-hydrogen) atoms. The van der Waals surface area contributed by atoms with Crippen LogP contribution in [0.25, 0.3) is 0 Å². The molecule has 3 rings (SSSR count). The van der Waals surface area contributed by atoms with Gasteiger partial charge in [0.15, 0.2) is 11.4 Å². The average Bonchev–Trinajstić information content (AvgIpc) is 3.31. The summed E-state index contributed by atoms with van der Waals surface area (Å²) in [5.41, 5.74) is -0.0253. The number of alkyl halides is 1. The molecular formula is C50H70IN7O10. The second-order valence-corrected chi connectivity index (χ2v) is 18.9. The third kappa shape index (κ3) is 20.5. The number of carbonyl (C=O) groups excluding carboxylic acids is 8. The van der Waals surface area contributed by atoms with Crippen LogP contribution < -0.4 is 26.6 Å². The van der Waals surface area contributed by atoms with E-state index in [2.05, 4.69) is 32.5 Å². The number of likely N-dealkylation sites (N-methyl/N-ethyl adjacent to an activating group) is 1. The molecule has 2 aromatic carbocycles. The predicted octanol–water partition coefficient (Wildman–Crippen LogP) is 2.52. The first-order chi connectivity index (χ1) is 32.3. The Morgan fingerprint density at radius 3 is 1.90 bits per heavy atom.